The Morgan fingerprint density at radius 3 is 2.27 bits per heavy atom. The second kappa shape index (κ2) is 8.23. The van der Waals surface area contributed by atoms with Crippen LogP contribution < -0.4 is 9.92 Å². The number of ether oxygens (including phenoxy) is 1. The van der Waals surface area contributed by atoms with Crippen molar-refractivity contribution < 1.29 is 14.6 Å². The van der Waals surface area contributed by atoms with E-state index in [0.29, 0.717) is 13.0 Å². The first-order chi connectivity index (χ1) is 12.2. The van der Waals surface area contributed by atoms with Crippen LogP contribution in [0.3, 0.4) is 0 Å². The lowest BCUT2D eigenvalue weighted by Gasteiger charge is -2.37. The maximum atomic E-state index is 12.1. The Balaban J connectivity index is 2.16. The van der Waals surface area contributed by atoms with E-state index in [1.807, 2.05) is 42.5 Å². The monoisotopic (exact) mass is 432 g/mol. The Kier molecular flexibility index (Phi) is 6.47. The molecular formula is C21H25BrO3Si. The summed E-state index contributed by atoms with van der Waals surface area (Å²) in [6.45, 7) is 10.6. The number of carbonyl (C=O) groups is 1. The summed E-state index contributed by atoms with van der Waals surface area (Å²) in [5.74, 6) is -0.121. The van der Waals surface area contributed by atoms with Gasteiger partial charge in [-0.05, 0) is 31.2 Å². The lowest BCUT2D eigenvalue weighted by molar-refractivity contribution is -0.146. The molecule has 0 radical (unpaired) electrons. The molecule has 5 heteroatoms. The van der Waals surface area contributed by atoms with Crippen molar-refractivity contribution in [2.45, 2.75) is 26.4 Å². The Hall–Kier alpha value is -1.85. The van der Waals surface area contributed by atoms with Crippen LogP contribution in [0, 0.1) is 5.41 Å². The lowest BCUT2D eigenvalue weighted by Crippen LogP contribution is -2.51. The van der Waals surface area contributed by atoms with Gasteiger partial charge in [-0.3, -0.25) is 4.79 Å². The smallest absolute Gasteiger partial charge is 0.313 e. The third-order valence-electron chi connectivity index (χ3n) is 5.07. The summed E-state index contributed by atoms with van der Waals surface area (Å²) in [7, 11) is -2.15. The van der Waals surface area contributed by atoms with Crippen LogP contribution in [0.5, 0.6) is 5.75 Å². The summed E-state index contributed by atoms with van der Waals surface area (Å²) in [6.07, 6.45) is 0.375. The van der Waals surface area contributed by atoms with E-state index in [0.717, 1.165) is 15.4 Å². The van der Waals surface area contributed by atoms with Crippen LogP contribution >= 0.6 is 15.9 Å². The Morgan fingerprint density at radius 2 is 1.73 bits per heavy atom. The number of hydrogen-bond donors (Lipinski definition) is 1. The minimum Gasteiger partial charge on any atom is -0.494 e. The molecule has 0 spiro atoms. The number of carboxylic acids is 1. The molecule has 0 aliphatic carbocycles. The van der Waals surface area contributed by atoms with Gasteiger partial charge in [-0.25, -0.2) is 0 Å². The molecule has 138 valence electrons. The van der Waals surface area contributed by atoms with Gasteiger partial charge in [0, 0.05) is 10.9 Å². The second-order valence-electron chi connectivity index (χ2n) is 7.16. The van der Waals surface area contributed by atoms with E-state index in [9.17, 15) is 9.90 Å². The third kappa shape index (κ3) is 4.46. The van der Waals surface area contributed by atoms with Crippen LogP contribution in [0.4, 0.5) is 0 Å². The Labute approximate surface area is 164 Å². The first-order valence-electron chi connectivity index (χ1n) is 8.55. The minimum atomic E-state index is -2.15. The maximum Gasteiger partial charge on any atom is 0.313 e. The topological polar surface area (TPSA) is 46.5 Å². The van der Waals surface area contributed by atoms with E-state index in [4.69, 9.17) is 4.74 Å². The first kappa shape index (κ1) is 20.5. The van der Waals surface area contributed by atoms with E-state index in [2.05, 4.69) is 47.7 Å². The zero-order chi connectivity index (χ0) is 19.4. The first-order valence-corrected chi connectivity index (χ1v) is 12.3. The van der Waals surface area contributed by atoms with E-state index >= 15 is 0 Å². The van der Waals surface area contributed by atoms with E-state index in [-0.39, 0.29) is 0 Å². The summed E-state index contributed by atoms with van der Waals surface area (Å²) in [5.41, 5.74) is -1.03. The van der Waals surface area contributed by atoms with Crippen molar-refractivity contribution in [2.75, 3.05) is 6.61 Å². The van der Waals surface area contributed by atoms with E-state index in [1.54, 1.807) is 6.92 Å². The number of halogens is 1. The molecule has 3 nitrogen and oxygen atoms in total. The molecule has 0 heterocycles. The highest BCUT2D eigenvalue weighted by atomic mass is 79.9. The molecule has 1 unspecified atom stereocenters. The maximum absolute atomic E-state index is 12.1. The van der Waals surface area contributed by atoms with Crippen LogP contribution in [0.1, 0.15) is 13.3 Å². The van der Waals surface area contributed by atoms with Gasteiger partial charge in [0.25, 0.3) is 0 Å². The number of aliphatic carboxylic acids is 1. The molecule has 2 aromatic carbocycles. The van der Waals surface area contributed by atoms with Crippen molar-refractivity contribution in [1.29, 1.82) is 0 Å². The van der Waals surface area contributed by atoms with Gasteiger partial charge in [-0.1, -0.05) is 69.7 Å². The molecule has 26 heavy (non-hydrogen) atoms. The van der Waals surface area contributed by atoms with E-state index < -0.39 is 19.5 Å². The quantitative estimate of drug-likeness (QED) is 0.595. The van der Waals surface area contributed by atoms with Gasteiger partial charge in [0.05, 0.1) is 12.0 Å². The van der Waals surface area contributed by atoms with Gasteiger partial charge in [-0.2, -0.15) is 0 Å². The molecule has 0 amide bonds. The number of carboxylic acid groups (broad SMARTS) is 1. The van der Waals surface area contributed by atoms with Crippen molar-refractivity contribution in [3.63, 3.8) is 0 Å². The van der Waals surface area contributed by atoms with Crippen molar-refractivity contribution >= 4 is 35.2 Å². The number of hydrogen-bond acceptors (Lipinski definition) is 2. The molecular weight excluding hydrogens is 408 g/mol. The fourth-order valence-corrected chi connectivity index (χ4v) is 6.26. The molecule has 1 atom stereocenters. The van der Waals surface area contributed by atoms with Gasteiger partial charge in [0.15, 0.2) is 0 Å². The van der Waals surface area contributed by atoms with E-state index in [1.165, 1.54) is 5.19 Å². The molecule has 0 aliphatic heterocycles. The number of benzene rings is 2. The number of rotatable bonds is 8. The zero-order valence-corrected chi connectivity index (χ0v) is 18.0. The van der Waals surface area contributed by atoms with Crippen LogP contribution in [0.15, 0.2) is 70.8 Å². The van der Waals surface area contributed by atoms with Gasteiger partial charge in [0.1, 0.15) is 13.8 Å². The predicted octanol–water partition coefficient (Wildman–Crippen LogP) is 5.02. The van der Waals surface area contributed by atoms with Crippen molar-refractivity contribution in [1.82, 2.24) is 0 Å². The van der Waals surface area contributed by atoms with Gasteiger partial charge in [0.2, 0.25) is 0 Å². The largest absolute Gasteiger partial charge is 0.494 e. The van der Waals surface area contributed by atoms with Crippen molar-refractivity contribution in [2.24, 2.45) is 5.41 Å². The highest BCUT2D eigenvalue weighted by molar-refractivity contribution is 9.10. The predicted molar refractivity (Wildman–Crippen MR) is 113 cm³/mol. The van der Waals surface area contributed by atoms with Crippen LogP contribution in [-0.2, 0) is 4.79 Å². The summed E-state index contributed by atoms with van der Waals surface area (Å²) >= 11 is 3.39. The molecule has 2 rings (SSSR count). The second-order valence-corrected chi connectivity index (χ2v) is 12.5. The van der Waals surface area contributed by atoms with Crippen LogP contribution in [0.25, 0.3) is 0 Å². The summed E-state index contributed by atoms with van der Waals surface area (Å²) in [5, 5.41) is 11.9. The van der Waals surface area contributed by atoms with Crippen LogP contribution in [0.2, 0.25) is 13.1 Å². The standard InChI is InChI=1S/C21H25BrO3Si/c1-16(26(3,4)19-8-6-5-7-9-19)21(2,20(23)24)14-15-25-18-12-10-17(22)11-13-18/h5-13H,1,14-15H2,2-4H3,(H,23,24). The third-order valence-corrected chi connectivity index (χ3v) is 9.44. The molecule has 2 aromatic rings. The van der Waals surface area contributed by atoms with Gasteiger partial charge >= 0.3 is 5.97 Å². The van der Waals surface area contributed by atoms with Crippen molar-refractivity contribution in [3.8, 4) is 5.75 Å². The SMILES string of the molecule is C=C(C(C)(CCOc1ccc(Br)cc1)C(=O)O)[Si](C)(C)c1ccccc1. The van der Waals surface area contributed by atoms with Crippen molar-refractivity contribution in [3.05, 3.63) is 70.8 Å². The average Bonchev–Trinajstić information content (AvgIpc) is 2.63. The minimum absolute atomic E-state index is 0.322. The van der Waals surface area contributed by atoms with Gasteiger partial charge in [-0.15, -0.1) is 6.58 Å². The fourth-order valence-electron chi connectivity index (χ4n) is 3.01. The molecule has 1 N–H and O–H groups in total. The lowest BCUT2D eigenvalue weighted by atomic mass is 9.87. The zero-order valence-electron chi connectivity index (χ0n) is 15.5. The highest BCUT2D eigenvalue weighted by Crippen LogP contribution is 2.36. The molecule has 0 bridgehead atoms. The highest BCUT2D eigenvalue weighted by Gasteiger charge is 2.44. The van der Waals surface area contributed by atoms with Crippen LogP contribution in [-0.4, -0.2) is 25.8 Å². The summed E-state index contributed by atoms with van der Waals surface area (Å²) in [4.78, 5) is 12.1. The average molecular weight is 433 g/mol. The molecule has 0 aliphatic rings. The Bertz CT molecular complexity index is 772. The molecule has 0 aromatic heterocycles. The summed E-state index contributed by atoms with van der Waals surface area (Å²) in [6, 6.07) is 17.6. The normalized spacial score (nSPS) is 13.7. The fraction of sp³-hybridized carbons (Fsp3) is 0.286. The molecule has 0 saturated heterocycles. The molecule has 0 fully saturated rings. The molecule has 0 saturated carbocycles. The van der Waals surface area contributed by atoms with Gasteiger partial charge < -0.3 is 9.84 Å². The Morgan fingerprint density at radius 1 is 1.15 bits per heavy atom. The summed E-state index contributed by atoms with van der Waals surface area (Å²) < 4.78 is 6.74.